The molecule has 1 aliphatic heterocycles. The van der Waals surface area contributed by atoms with E-state index in [0.29, 0.717) is 0 Å². The molecule has 0 spiro atoms. The van der Waals surface area contributed by atoms with E-state index < -0.39 is 0 Å². The predicted molar refractivity (Wildman–Crippen MR) is 98.8 cm³/mol. The van der Waals surface area contributed by atoms with Crippen LogP contribution in [0.2, 0.25) is 0 Å². The van der Waals surface area contributed by atoms with Crippen molar-refractivity contribution in [3.63, 3.8) is 0 Å². The largest absolute Gasteiger partial charge is 0.368 e. The average Bonchev–Trinajstić information content (AvgIpc) is 2.52. The van der Waals surface area contributed by atoms with Crippen LogP contribution in [0.4, 0.5) is 5.69 Å². The minimum atomic E-state index is 0. The number of nitrogens with one attached hydrogen (secondary N) is 1. The molecule has 1 N–H and O–H groups in total. The van der Waals surface area contributed by atoms with Crippen LogP contribution in [0.25, 0.3) is 0 Å². The fraction of sp³-hybridized carbons (Fsp3) is 0.333. The molecule has 1 saturated heterocycles. The number of halogens is 1. The molecular formula is C18H23ClN2S. The van der Waals surface area contributed by atoms with Crippen LogP contribution in [0.1, 0.15) is 11.1 Å². The molecule has 2 aromatic rings. The molecule has 0 bridgehead atoms. The molecule has 118 valence electrons. The third-order valence-corrected chi connectivity index (χ3v) is 5.36. The zero-order valence-electron chi connectivity index (χ0n) is 13.1. The number of hydrogen-bond acceptors (Lipinski definition) is 3. The topological polar surface area (TPSA) is 15.3 Å². The lowest BCUT2D eigenvalue weighted by molar-refractivity contribution is 0.587. The van der Waals surface area contributed by atoms with Gasteiger partial charge in [0.2, 0.25) is 0 Å². The lowest BCUT2D eigenvalue weighted by Gasteiger charge is -2.31. The summed E-state index contributed by atoms with van der Waals surface area (Å²) in [5.41, 5.74) is 4.08. The van der Waals surface area contributed by atoms with E-state index in [1.807, 2.05) is 11.8 Å². The van der Waals surface area contributed by atoms with Crippen LogP contribution < -0.4 is 10.2 Å². The molecule has 0 aromatic heterocycles. The highest BCUT2D eigenvalue weighted by atomic mass is 35.5. The quantitative estimate of drug-likeness (QED) is 0.901. The number of piperazine rings is 1. The maximum atomic E-state index is 3.42. The van der Waals surface area contributed by atoms with Gasteiger partial charge in [-0.05, 0) is 37.1 Å². The number of para-hydroxylation sites is 1. The normalized spacial score (nSPS) is 14.5. The summed E-state index contributed by atoms with van der Waals surface area (Å²) in [5.74, 6) is 0. The van der Waals surface area contributed by atoms with E-state index in [-0.39, 0.29) is 12.4 Å². The highest BCUT2D eigenvalue weighted by Crippen LogP contribution is 2.38. The van der Waals surface area contributed by atoms with Gasteiger partial charge < -0.3 is 10.2 Å². The monoisotopic (exact) mass is 334 g/mol. The lowest BCUT2D eigenvalue weighted by atomic mass is 10.2. The standard InChI is InChI=1S/C18H22N2S.ClH/c1-14-6-5-7-15(2)18(14)21-17-9-4-3-8-16(17)20-12-10-19-11-13-20;/h3-9,19H,10-13H2,1-2H3;1H. The molecular weight excluding hydrogens is 312 g/mol. The molecule has 22 heavy (non-hydrogen) atoms. The summed E-state index contributed by atoms with van der Waals surface area (Å²) in [6, 6.07) is 15.3. The van der Waals surface area contributed by atoms with E-state index in [4.69, 9.17) is 0 Å². The van der Waals surface area contributed by atoms with Crippen molar-refractivity contribution < 1.29 is 0 Å². The zero-order valence-corrected chi connectivity index (χ0v) is 14.8. The van der Waals surface area contributed by atoms with E-state index in [9.17, 15) is 0 Å². The highest BCUT2D eigenvalue weighted by Gasteiger charge is 2.15. The van der Waals surface area contributed by atoms with Gasteiger partial charge in [0, 0.05) is 36.0 Å². The van der Waals surface area contributed by atoms with Crippen LogP contribution in [-0.2, 0) is 0 Å². The summed E-state index contributed by atoms with van der Waals surface area (Å²) in [5, 5.41) is 3.42. The summed E-state index contributed by atoms with van der Waals surface area (Å²) in [4.78, 5) is 5.24. The zero-order chi connectivity index (χ0) is 14.7. The number of hydrogen-bond donors (Lipinski definition) is 1. The average molecular weight is 335 g/mol. The van der Waals surface area contributed by atoms with Crippen molar-refractivity contribution in [1.82, 2.24) is 5.32 Å². The van der Waals surface area contributed by atoms with Gasteiger partial charge in [-0.2, -0.15) is 0 Å². The number of nitrogens with zero attached hydrogens (tertiary/aromatic N) is 1. The van der Waals surface area contributed by atoms with Crippen molar-refractivity contribution in [2.45, 2.75) is 23.6 Å². The first-order valence-electron chi connectivity index (χ1n) is 7.54. The van der Waals surface area contributed by atoms with Crippen LogP contribution in [0, 0.1) is 13.8 Å². The number of rotatable bonds is 3. The van der Waals surface area contributed by atoms with Crippen molar-refractivity contribution >= 4 is 29.9 Å². The fourth-order valence-electron chi connectivity index (χ4n) is 2.78. The number of anilines is 1. The molecule has 1 heterocycles. The van der Waals surface area contributed by atoms with Crippen LogP contribution in [0.3, 0.4) is 0 Å². The van der Waals surface area contributed by atoms with Gasteiger partial charge in [0.15, 0.2) is 0 Å². The van der Waals surface area contributed by atoms with E-state index in [1.54, 1.807) is 0 Å². The minimum Gasteiger partial charge on any atom is -0.368 e. The summed E-state index contributed by atoms with van der Waals surface area (Å²) in [7, 11) is 0. The van der Waals surface area contributed by atoms with Crippen LogP contribution in [0.15, 0.2) is 52.3 Å². The fourth-order valence-corrected chi connectivity index (χ4v) is 3.91. The molecule has 0 saturated carbocycles. The summed E-state index contributed by atoms with van der Waals surface area (Å²) < 4.78 is 0. The Kier molecular flexibility index (Phi) is 6.18. The van der Waals surface area contributed by atoms with Gasteiger partial charge in [-0.1, -0.05) is 42.1 Å². The summed E-state index contributed by atoms with van der Waals surface area (Å²) >= 11 is 1.90. The first-order valence-corrected chi connectivity index (χ1v) is 8.36. The number of benzene rings is 2. The maximum Gasteiger partial charge on any atom is 0.0508 e. The summed E-state index contributed by atoms with van der Waals surface area (Å²) in [6.07, 6.45) is 0. The van der Waals surface area contributed by atoms with Crippen LogP contribution in [0.5, 0.6) is 0 Å². The first-order chi connectivity index (χ1) is 10.3. The SMILES string of the molecule is Cc1cccc(C)c1Sc1ccccc1N1CCNCC1.Cl. The molecule has 1 aliphatic rings. The predicted octanol–water partition coefficient (Wildman–Crippen LogP) is 4.29. The Morgan fingerprint density at radius 1 is 0.909 bits per heavy atom. The van der Waals surface area contributed by atoms with Crippen molar-refractivity contribution in [2.24, 2.45) is 0 Å². The van der Waals surface area contributed by atoms with Gasteiger partial charge in [0.25, 0.3) is 0 Å². The Morgan fingerprint density at radius 2 is 1.55 bits per heavy atom. The van der Waals surface area contributed by atoms with E-state index in [2.05, 4.69) is 66.5 Å². The van der Waals surface area contributed by atoms with Crippen LogP contribution >= 0.6 is 24.2 Å². The number of aryl methyl sites for hydroxylation is 2. The van der Waals surface area contributed by atoms with Gasteiger partial charge in [0.05, 0.1) is 5.69 Å². The molecule has 0 unspecified atom stereocenters. The third-order valence-electron chi connectivity index (χ3n) is 3.94. The van der Waals surface area contributed by atoms with Crippen LogP contribution in [-0.4, -0.2) is 26.2 Å². The molecule has 3 rings (SSSR count). The molecule has 0 atom stereocenters. The molecule has 4 heteroatoms. The van der Waals surface area contributed by atoms with E-state index in [1.165, 1.54) is 26.6 Å². The Morgan fingerprint density at radius 3 is 2.23 bits per heavy atom. The van der Waals surface area contributed by atoms with Gasteiger partial charge in [-0.3, -0.25) is 0 Å². The molecule has 0 amide bonds. The lowest BCUT2D eigenvalue weighted by Crippen LogP contribution is -2.43. The Balaban J connectivity index is 0.00000176. The Labute approximate surface area is 143 Å². The molecule has 2 nitrogen and oxygen atoms in total. The van der Waals surface area contributed by atoms with Gasteiger partial charge in [-0.25, -0.2) is 0 Å². The Bertz CT molecular complexity index is 604. The molecule has 2 aromatic carbocycles. The second-order valence-electron chi connectivity index (χ2n) is 5.53. The second-order valence-corrected chi connectivity index (χ2v) is 6.58. The molecule has 0 aliphatic carbocycles. The molecule has 1 fully saturated rings. The van der Waals surface area contributed by atoms with Gasteiger partial charge in [0.1, 0.15) is 0 Å². The first kappa shape index (κ1) is 17.2. The van der Waals surface area contributed by atoms with E-state index >= 15 is 0 Å². The Hall–Kier alpha value is -1.16. The van der Waals surface area contributed by atoms with Crippen molar-refractivity contribution in [1.29, 1.82) is 0 Å². The second kappa shape index (κ2) is 7.91. The minimum absolute atomic E-state index is 0. The van der Waals surface area contributed by atoms with Gasteiger partial charge in [-0.15, -0.1) is 12.4 Å². The summed E-state index contributed by atoms with van der Waals surface area (Å²) in [6.45, 7) is 8.71. The van der Waals surface area contributed by atoms with Gasteiger partial charge >= 0.3 is 0 Å². The molecule has 0 radical (unpaired) electrons. The van der Waals surface area contributed by atoms with E-state index in [0.717, 1.165) is 26.2 Å². The highest BCUT2D eigenvalue weighted by molar-refractivity contribution is 7.99. The maximum absolute atomic E-state index is 3.42. The van der Waals surface area contributed by atoms with Crippen molar-refractivity contribution in [3.8, 4) is 0 Å². The van der Waals surface area contributed by atoms with Crippen molar-refractivity contribution in [2.75, 3.05) is 31.1 Å². The van der Waals surface area contributed by atoms with Crippen molar-refractivity contribution in [3.05, 3.63) is 53.6 Å². The third kappa shape index (κ3) is 3.78. The smallest absolute Gasteiger partial charge is 0.0508 e.